The maximum absolute atomic E-state index is 11.9. The summed E-state index contributed by atoms with van der Waals surface area (Å²) in [7, 11) is 0. The number of nitrogens with one attached hydrogen (secondary N) is 1. The second kappa shape index (κ2) is 7.53. The van der Waals surface area contributed by atoms with E-state index in [0.717, 1.165) is 15.6 Å². The molecule has 23 heavy (non-hydrogen) atoms. The molecule has 0 atom stereocenters. The lowest BCUT2D eigenvalue weighted by Crippen LogP contribution is -2.11. The number of thioether (sulfide) groups is 1. The van der Waals surface area contributed by atoms with Crippen LogP contribution >= 0.6 is 34.4 Å². The van der Waals surface area contributed by atoms with E-state index in [1.165, 1.54) is 34.4 Å². The van der Waals surface area contributed by atoms with Crippen LogP contribution in [0.4, 0.5) is 10.3 Å². The molecule has 0 aliphatic carbocycles. The summed E-state index contributed by atoms with van der Waals surface area (Å²) in [4.78, 5) is 16.4. The molecule has 3 rings (SSSR count). The number of nitrogens with zero attached hydrogens (tertiary/aromatic N) is 3. The van der Waals surface area contributed by atoms with Crippen LogP contribution in [0.25, 0.3) is 11.3 Å². The van der Waals surface area contributed by atoms with E-state index in [2.05, 4.69) is 20.5 Å². The average molecular weight is 363 g/mol. The molecule has 1 aromatic carbocycles. The van der Waals surface area contributed by atoms with Crippen LogP contribution in [0.3, 0.4) is 0 Å². The summed E-state index contributed by atoms with van der Waals surface area (Å²) >= 11 is 4.21. The number of benzene rings is 1. The summed E-state index contributed by atoms with van der Waals surface area (Å²) in [5.41, 5.74) is 7.41. The molecular formula is C14H13N5OS3. The van der Waals surface area contributed by atoms with Gasteiger partial charge in [0.25, 0.3) is 0 Å². The number of carbonyl (C=O) groups is 1. The van der Waals surface area contributed by atoms with Crippen molar-refractivity contribution in [3.05, 3.63) is 35.7 Å². The monoisotopic (exact) mass is 363 g/mol. The Kier molecular flexibility index (Phi) is 5.21. The van der Waals surface area contributed by atoms with Crippen molar-refractivity contribution in [3.8, 4) is 11.3 Å². The second-order valence-electron chi connectivity index (χ2n) is 4.46. The quantitative estimate of drug-likeness (QED) is 0.652. The second-order valence-corrected chi connectivity index (χ2v) is 7.67. The molecule has 1 amide bonds. The number of nitrogen functional groups attached to an aromatic ring is 1. The van der Waals surface area contributed by atoms with E-state index in [1.54, 1.807) is 0 Å². The smallest absolute Gasteiger partial charge is 0.226 e. The molecule has 0 fully saturated rings. The highest BCUT2D eigenvalue weighted by atomic mass is 32.2. The van der Waals surface area contributed by atoms with Crippen molar-refractivity contribution in [1.82, 2.24) is 15.2 Å². The molecule has 0 spiro atoms. The third kappa shape index (κ3) is 4.50. The van der Waals surface area contributed by atoms with Crippen molar-refractivity contribution in [2.24, 2.45) is 0 Å². The van der Waals surface area contributed by atoms with Crippen molar-refractivity contribution in [2.75, 3.05) is 16.8 Å². The van der Waals surface area contributed by atoms with Gasteiger partial charge in [-0.2, -0.15) is 0 Å². The number of aromatic nitrogens is 3. The van der Waals surface area contributed by atoms with Gasteiger partial charge in [-0.15, -0.1) is 21.5 Å². The summed E-state index contributed by atoms with van der Waals surface area (Å²) in [6.45, 7) is 0. The Morgan fingerprint density at radius 1 is 1.26 bits per heavy atom. The van der Waals surface area contributed by atoms with Gasteiger partial charge in [-0.3, -0.25) is 4.79 Å². The predicted octanol–water partition coefficient (Wildman–Crippen LogP) is 3.36. The fourth-order valence-electron chi connectivity index (χ4n) is 1.76. The molecule has 0 saturated carbocycles. The number of rotatable bonds is 6. The highest BCUT2D eigenvalue weighted by Gasteiger charge is 2.09. The van der Waals surface area contributed by atoms with Crippen molar-refractivity contribution in [3.63, 3.8) is 0 Å². The van der Waals surface area contributed by atoms with Gasteiger partial charge < -0.3 is 11.1 Å². The molecule has 0 unspecified atom stereocenters. The number of thiazole rings is 1. The molecule has 2 heterocycles. The number of amides is 1. The zero-order valence-electron chi connectivity index (χ0n) is 11.9. The van der Waals surface area contributed by atoms with E-state index >= 15 is 0 Å². The van der Waals surface area contributed by atoms with Crippen LogP contribution in [0.15, 0.2) is 40.1 Å². The average Bonchev–Trinajstić information content (AvgIpc) is 3.17. The van der Waals surface area contributed by atoms with Gasteiger partial charge in [0, 0.05) is 23.1 Å². The third-order valence-electron chi connectivity index (χ3n) is 2.80. The zero-order valence-corrected chi connectivity index (χ0v) is 14.4. The Hall–Kier alpha value is -1.97. The Bertz CT molecular complexity index is 787. The molecule has 0 bridgehead atoms. The maximum atomic E-state index is 11.9. The number of hydrogen-bond donors (Lipinski definition) is 2. The van der Waals surface area contributed by atoms with Gasteiger partial charge in [-0.05, 0) is 0 Å². The third-order valence-corrected chi connectivity index (χ3v) is 5.44. The summed E-state index contributed by atoms with van der Waals surface area (Å²) in [5.74, 6) is 0.557. The molecule has 118 valence electrons. The highest BCUT2D eigenvalue weighted by Crippen LogP contribution is 2.26. The Balaban J connectivity index is 1.49. The van der Waals surface area contributed by atoms with Crippen LogP contribution in [0.2, 0.25) is 0 Å². The van der Waals surface area contributed by atoms with Crippen LogP contribution in [0, 0.1) is 0 Å². The van der Waals surface area contributed by atoms with E-state index in [1.807, 2.05) is 35.7 Å². The van der Waals surface area contributed by atoms with Crippen molar-refractivity contribution in [1.29, 1.82) is 0 Å². The van der Waals surface area contributed by atoms with Gasteiger partial charge in [0.15, 0.2) is 9.47 Å². The van der Waals surface area contributed by atoms with Gasteiger partial charge in [0.1, 0.15) is 0 Å². The van der Waals surface area contributed by atoms with Crippen LogP contribution < -0.4 is 11.1 Å². The first kappa shape index (κ1) is 15.9. The molecule has 6 nitrogen and oxygen atoms in total. The minimum Gasteiger partial charge on any atom is -0.374 e. The number of anilines is 2. The molecular weight excluding hydrogens is 350 g/mol. The van der Waals surface area contributed by atoms with Crippen LogP contribution in [-0.4, -0.2) is 26.8 Å². The number of hydrogen-bond acceptors (Lipinski definition) is 8. The maximum Gasteiger partial charge on any atom is 0.226 e. The molecule has 3 aromatic rings. The first-order chi connectivity index (χ1) is 11.2. The van der Waals surface area contributed by atoms with E-state index < -0.39 is 0 Å². The van der Waals surface area contributed by atoms with Crippen LogP contribution in [0.5, 0.6) is 0 Å². The van der Waals surface area contributed by atoms with E-state index in [4.69, 9.17) is 5.73 Å². The van der Waals surface area contributed by atoms with Gasteiger partial charge in [-0.25, -0.2) is 4.98 Å². The van der Waals surface area contributed by atoms with E-state index in [0.29, 0.717) is 22.4 Å². The SMILES string of the molecule is Nc1nnc(SCCC(=O)Nc2nc(-c3ccccc3)cs2)s1. The largest absolute Gasteiger partial charge is 0.374 e. The number of nitrogens with two attached hydrogens (primary N) is 1. The van der Waals surface area contributed by atoms with Crippen molar-refractivity contribution < 1.29 is 4.79 Å². The Morgan fingerprint density at radius 3 is 2.83 bits per heavy atom. The van der Waals surface area contributed by atoms with E-state index in [9.17, 15) is 4.79 Å². The normalized spacial score (nSPS) is 10.6. The zero-order chi connectivity index (χ0) is 16.1. The molecule has 2 aromatic heterocycles. The molecule has 9 heteroatoms. The summed E-state index contributed by atoms with van der Waals surface area (Å²) in [6, 6.07) is 9.87. The molecule has 3 N–H and O–H groups in total. The fourth-order valence-corrected chi connectivity index (χ4v) is 4.14. The topological polar surface area (TPSA) is 93.8 Å². The van der Waals surface area contributed by atoms with Gasteiger partial charge >= 0.3 is 0 Å². The van der Waals surface area contributed by atoms with Crippen molar-refractivity contribution >= 4 is 50.6 Å². The summed E-state index contributed by atoms with van der Waals surface area (Å²) < 4.78 is 0.774. The van der Waals surface area contributed by atoms with E-state index in [-0.39, 0.29) is 5.91 Å². The molecule has 0 aliphatic heterocycles. The Morgan fingerprint density at radius 2 is 2.09 bits per heavy atom. The summed E-state index contributed by atoms with van der Waals surface area (Å²) in [6.07, 6.45) is 0.379. The summed E-state index contributed by atoms with van der Waals surface area (Å²) in [5, 5.41) is 13.4. The minimum atomic E-state index is -0.0658. The molecule has 0 aliphatic rings. The lowest BCUT2D eigenvalue weighted by Gasteiger charge is -2.00. The number of carbonyl (C=O) groups excluding carboxylic acids is 1. The first-order valence-electron chi connectivity index (χ1n) is 6.73. The van der Waals surface area contributed by atoms with Crippen LogP contribution in [0.1, 0.15) is 6.42 Å². The lowest BCUT2D eigenvalue weighted by atomic mass is 10.2. The van der Waals surface area contributed by atoms with Gasteiger partial charge in [0.2, 0.25) is 11.0 Å². The predicted molar refractivity (Wildman–Crippen MR) is 95.8 cm³/mol. The first-order valence-corrected chi connectivity index (χ1v) is 9.41. The Labute approximate surface area is 145 Å². The van der Waals surface area contributed by atoms with Gasteiger partial charge in [0.05, 0.1) is 5.69 Å². The molecule has 0 saturated heterocycles. The van der Waals surface area contributed by atoms with Crippen LogP contribution in [-0.2, 0) is 4.79 Å². The lowest BCUT2D eigenvalue weighted by molar-refractivity contribution is -0.115. The highest BCUT2D eigenvalue weighted by molar-refractivity contribution is 8.01. The molecule has 0 radical (unpaired) electrons. The standard InChI is InChI=1S/C14H13N5OS3/c15-12-18-19-14(23-12)21-7-6-11(20)17-13-16-10(8-22-13)9-4-2-1-3-5-9/h1-5,8H,6-7H2,(H2,15,18)(H,16,17,20). The fraction of sp³-hybridized carbons (Fsp3) is 0.143. The van der Waals surface area contributed by atoms with Gasteiger partial charge in [-0.1, -0.05) is 53.4 Å². The minimum absolute atomic E-state index is 0.0658. The van der Waals surface area contributed by atoms with Crippen molar-refractivity contribution in [2.45, 2.75) is 10.8 Å².